The molecule has 5 heteroatoms. The summed E-state index contributed by atoms with van der Waals surface area (Å²) in [5.41, 5.74) is 0.0835. The van der Waals surface area contributed by atoms with Crippen molar-refractivity contribution in [1.82, 2.24) is 10.2 Å². The summed E-state index contributed by atoms with van der Waals surface area (Å²) in [6.45, 7) is 1.53. The lowest BCUT2D eigenvalue weighted by atomic mass is 10.1. The average Bonchev–Trinajstić information content (AvgIpc) is 3.09. The summed E-state index contributed by atoms with van der Waals surface area (Å²) < 4.78 is 27.6. The number of nitrogens with zero attached hydrogens (tertiary/aromatic N) is 1. The molecule has 2 fully saturated rings. The van der Waals surface area contributed by atoms with Crippen LogP contribution in [0.2, 0.25) is 0 Å². The molecule has 1 aromatic rings. The molecule has 1 N–H and O–H groups in total. The van der Waals surface area contributed by atoms with Crippen LogP contribution in [0.25, 0.3) is 0 Å². The van der Waals surface area contributed by atoms with Crippen molar-refractivity contribution in [2.45, 2.75) is 31.2 Å². The zero-order chi connectivity index (χ0) is 15.0. The van der Waals surface area contributed by atoms with E-state index in [1.807, 2.05) is 11.9 Å². The van der Waals surface area contributed by atoms with E-state index in [0.717, 1.165) is 25.9 Å². The molecule has 1 aromatic carbocycles. The molecule has 1 aliphatic carbocycles. The quantitative estimate of drug-likeness (QED) is 0.924. The Balaban J connectivity index is 1.71. The highest BCUT2D eigenvalue weighted by Gasteiger charge is 2.49. The smallest absolute Gasteiger partial charge is 0.226 e. The third-order valence-electron chi connectivity index (χ3n) is 4.58. The van der Waals surface area contributed by atoms with Gasteiger partial charge in [-0.25, -0.2) is 8.78 Å². The zero-order valence-corrected chi connectivity index (χ0v) is 12.1. The van der Waals surface area contributed by atoms with Gasteiger partial charge in [0, 0.05) is 36.5 Å². The van der Waals surface area contributed by atoms with Crippen LogP contribution in [-0.4, -0.2) is 37.0 Å². The van der Waals surface area contributed by atoms with Gasteiger partial charge in [0.25, 0.3) is 0 Å². The minimum Gasteiger partial charge on any atom is -0.338 e. The van der Waals surface area contributed by atoms with E-state index in [-0.39, 0.29) is 29.3 Å². The van der Waals surface area contributed by atoms with Crippen LogP contribution in [0.4, 0.5) is 8.78 Å². The first-order chi connectivity index (χ1) is 10.1. The summed E-state index contributed by atoms with van der Waals surface area (Å²) in [6.07, 6.45) is 2.56. The Kier molecular flexibility index (Phi) is 3.93. The second-order valence-corrected chi connectivity index (χ2v) is 5.97. The molecule has 1 aliphatic heterocycles. The van der Waals surface area contributed by atoms with E-state index in [1.54, 1.807) is 0 Å². The van der Waals surface area contributed by atoms with E-state index in [1.165, 1.54) is 18.2 Å². The number of carbonyl (C=O) groups is 1. The topological polar surface area (TPSA) is 32.3 Å². The molecule has 3 nitrogen and oxygen atoms in total. The van der Waals surface area contributed by atoms with Crippen LogP contribution in [-0.2, 0) is 4.79 Å². The van der Waals surface area contributed by atoms with Gasteiger partial charge in [0.15, 0.2) is 0 Å². The molecule has 3 atom stereocenters. The van der Waals surface area contributed by atoms with Crippen LogP contribution in [0.15, 0.2) is 18.2 Å². The number of likely N-dealkylation sites (tertiary alicyclic amines) is 1. The lowest BCUT2D eigenvalue weighted by Crippen LogP contribution is -2.41. The number of hydrogen-bond donors (Lipinski definition) is 1. The monoisotopic (exact) mass is 294 g/mol. The average molecular weight is 294 g/mol. The van der Waals surface area contributed by atoms with Crippen LogP contribution < -0.4 is 5.32 Å². The highest BCUT2D eigenvalue weighted by atomic mass is 19.1. The van der Waals surface area contributed by atoms with E-state index in [9.17, 15) is 13.6 Å². The molecular weight excluding hydrogens is 274 g/mol. The number of halogens is 2. The molecule has 3 rings (SSSR count). The van der Waals surface area contributed by atoms with Gasteiger partial charge in [-0.2, -0.15) is 0 Å². The van der Waals surface area contributed by atoms with E-state index in [4.69, 9.17) is 0 Å². The minimum absolute atomic E-state index is 0.0559. The minimum atomic E-state index is -0.538. The van der Waals surface area contributed by atoms with E-state index < -0.39 is 11.6 Å². The second kappa shape index (κ2) is 5.72. The van der Waals surface area contributed by atoms with Gasteiger partial charge < -0.3 is 10.2 Å². The van der Waals surface area contributed by atoms with Crippen molar-refractivity contribution in [1.29, 1.82) is 0 Å². The molecule has 0 aromatic heterocycles. The number of likely N-dealkylation sites (N-methyl/N-ethyl adjacent to an activating group) is 1. The molecule has 0 unspecified atom stereocenters. The maximum absolute atomic E-state index is 13.8. The predicted octanol–water partition coefficient (Wildman–Crippen LogP) is 2.28. The van der Waals surface area contributed by atoms with Crippen LogP contribution in [0.3, 0.4) is 0 Å². The van der Waals surface area contributed by atoms with Gasteiger partial charge in [0.1, 0.15) is 11.6 Å². The normalized spacial score (nSPS) is 28.0. The molecule has 1 saturated carbocycles. The third kappa shape index (κ3) is 2.67. The lowest BCUT2D eigenvalue weighted by molar-refractivity contribution is -0.133. The third-order valence-corrected chi connectivity index (χ3v) is 4.58. The van der Waals surface area contributed by atoms with Crippen molar-refractivity contribution in [3.8, 4) is 0 Å². The van der Waals surface area contributed by atoms with Crippen LogP contribution >= 0.6 is 0 Å². The molecule has 114 valence electrons. The zero-order valence-electron chi connectivity index (χ0n) is 12.1. The first kappa shape index (κ1) is 14.4. The van der Waals surface area contributed by atoms with Crippen LogP contribution in [0.5, 0.6) is 0 Å². The Morgan fingerprint density at radius 2 is 2.10 bits per heavy atom. The summed E-state index contributed by atoms with van der Waals surface area (Å²) in [5.74, 6) is -1.57. The number of amides is 1. The summed E-state index contributed by atoms with van der Waals surface area (Å²) in [7, 11) is 1.87. The first-order valence-corrected chi connectivity index (χ1v) is 7.52. The van der Waals surface area contributed by atoms with Gasteiger partial charge in [-0.05, 0) is 38.4 Å². The van der Waals surface area contributed by atoms with Crippen LogP contribution in [0.1, 0.15) is 30.7 Å². The van der Waals surface area contributed by atoms with Crippen molar-refractivity contribution in [3.63, 3.8) is 0 Å². The maximum Gasteiger partial charge on any atom is 0.226 e. The number of nitrogens with one attached hydrogen (secondary N) is 1. The van der Waals surface area contributed by atoms with E-state index in [2.05, 4.69) is 5.32 Å². The summed E-state index contributed by atoms with van der Waals surface area (Å²) in [5, 5.41) is 3.10. The number of benzene rings is 1. The molecule has 21 heavy (non-hydrogen) atoms. The molecule has 0 bridgehead atoms. The summed E-state index contributed by atoms with van der Waals surface area (Å²) >= 11 is 0. The second-order valence-electron chi connectivity index (χ2n) is 5.97. The van der Waals surface area contributed by atoms with E-state index >= 15 is 0 Å². The molecule has 0 spiro atoms. The van der Waals surface area contributed by atoms with Crippen molar-refractivity contribution in [2.24, 2.45) is 5.92 Å². The molecule has 2 aliphatic rings. The van der Waals surface area contributed by atoms with Gasteiger partial charge in [-0.3, -0.25) is 4.79 Å². The Hall–Kier alpha value is -1.49. The van der Waals surface area contributed by atoms with Crippen molar-refractivity contribution in [2.75, 3.05) is 20.1 Å². The number of hydrogen-bond acceptors (Lipinski definition) is 2. The fourth-order valence-electron chi connectivity index (χ4n) is 3.44. The SMILES string of the molecule is CNC[C@@H]1CCCN1C(=O)[C@@H]1C[C@@H]1c1c(F)cccc1F. The maximum atomic E-state index is 13.8. The molecule has 1 saturated heterocycles. The van der Waals surface area contributed by atoms with E-state index in [0.29, 0.717) is 6.42 Å². The molecule has 1 heterocycles. The standard InChI is InChI=1S/C16H20F2N2O/c1-19-9-10-4-3-7-20(10)16(21)12-8-11(12)15-13(17)5-2-6-14(15)18/h2,5-6,10-12,19H,3-4,7-9H2,1H3/t10-,11-,12+/m0/s1. The van der Waals surface area contributed by atoms with Gasteiger partial charge in [-0.15, -0.1) is 0 Å². The van der Waals surface area contributed by atoms with Gasteiger partial charge in [0.2, 0.25) is 5.91 Å². The van der Waals surface area contributed by atoms with Gasteiger partial charge in [0.05, 0.1) is 0 Å². The van der Waals surface area contributed by atoms with Crippen molar-refractivity contribution >= 4 is 5.91 Å². The highest BCUT2D eigenvalue weighted by molar-refractivity contribution is 5.83. The lowest BCUT2D eigenvalue weighted by Gasteiger charge is -2.24. The Labute approximate surface area is 123 Å². The van der Waals surface area contributed by atoms with Crippen molar-refractivity contribution < 1.29 is 13.6 Å². The summed E-state index contributed by atoms with van der Waals surface area (Å²) in [4.78, 5) is 14.4. The largest absolute Gasteiger partial charge is 0.338 e. The van der Waals surface area contributed by atoms with Gasteiger partial charge in [-0.1, -0.05) is 6.07 Å². The molecular formula is C16H20F2N2O. The highest BCUT2D eigenvalue weighted by Crippen LogP contribution is 2.50. The fourth-order valence-corrected chi connectivity index (χ4v) is 3.44. The van der Waals surface area contributed by atoms with Crippen molar-refractivity contribution in [3.05, 3.63) is 35.4 Å². The number of carbonyl (C=O) groups excluding carboxylic acids is 1. The van der Waals surface area contributed by atoms with Gasteiger partial charge >= 0.3 is 0 Å². The summed E-state index contributed by atoms with van der Waals surface area (Å²) in [6, 6.07) is 4.10. The number of rotatable bonds is 4. The first-order valence-electron chi connectivity index (χ1n) is 7.52. The predicted molar refractivity (Wildman–Crippen MR) is 75.9 cm³/mol. The Bertz CT molecular complexity index is 529. The molecule has 0 radical (unpaired) electrons. The van der Waals surface area contributed by atoms with Crippen LogP contribution in [0, 0.1) is 17.6 Å². The Morgan fingerprint density at radius 3 is 2.76 bits per heavy atom. The molecule has 1 amide bonds. The Morgan fingerprint density at radius 1 is 1.38 bits per heavy atom. The fraction of sp³-hybridized carbons (Fsp3) is 0.562.